The number of amides is 3. The second kappa shape index (κ2) is 12.1. The van der Waals surface area contributed by atoms with Gasteiger partial charge in [-0.05, 0) is 23.6 Å². The monoisotopic (exact) mass is 531 g/mol. The maximum absolute atomic E-state index is 14.7. The summed E-state index contributed by atoms with van der Waals surface area (Å²) in [6.07, 6.45) is 0. The highest BCUT2D eigenvalue weighted by molar-refractivity contribution is 6.16. The molecule has 5 rings (SSSR count). The molecule has 0 spiro atoms. The quantitative estimate of drug-likeness (QED) is 0.197. The van der Waals surface area contributed by atoms with Crippen molar-refractivity contribution in [3.63, 3.8) is 0 Å². The molecule has 202 valence electrons. The second-order valence-corrected chi connectivity index (χ2v) is 10.2. The number of hydrogen-bond acceptors (Lipinski definition) is 4. The molecule has 0 aromatic heterocycles. The molecule has 1 aliphatic rings. The average molecular weight is 532 g/mol. The Morgan fingerprint density at radius 2 is 1.18 bits per heavy atom. The first-order valence-electron chi connectivity index (χ1n) is 13.5. The van der Waals surface area contributed by atoms with E-state index < -0.39 is 24.0 Å². The fraction of sp³-hybridized carbons (Fsp3) is 0.206. The summed E-state index contributed by atoms with van der Waals surface area (Å²) in [7, 11) is 1.70. The molecule has 0 radical (unpaired) electrons. The number of likely N-dealkylation sites (N-methyl/N-ethyl adjacent to an activating group) is 1. The minimum absolute atomic E-state index is 0.261. The SMILES string of the molecule is C[C@H]1[C@@H](c2ccccc2)N(C(=O)[C@H](C(=O)c2ccccc2)N(Cc2ccccc2)Cc2ccccc2)C(=O)N1C. The lowest BCUT2D eigenvalue weighted by molar-refractivity contribution is -0.133. The van der Waals surface area contributed by atoms with Gasteiger partial charge in [0.25, 0.3) is 5.91 Å². The van der Waals surface area contributed by atoms with Gasteiger partial charge in [-0.2, -0.15) is 0 Å². The van der Waals surface area contributed by atoms with Gasteiger partial charge in [-0.15, -0.1) is 0 Å². The first kappa shape index (κ1) is 27.0. The van der Waals surface area contributed by atoms with Gasteiger partial charge >= 0.3 is 6.03 Å². The second-order valence-electron chi connectivity index (χ2n) is 10.2. The number of hydrogen-bond donors (Lipinski definition) is 0. The lowest BCUT2D eigenvalue weighted by Crippen LogP contribution is -2.53. The van der Waals surface area contributed by atoms with Gasteiger partial charge < -0.3 is 4.90 Å². The van der Waals surface area contributed by atoms with Gasteiger partial charge in [0.15, 0.2) is 11.8 Å². The number of imide groups is 1. The molecule has 1 heterocycles. The Labute approximate surface area is 235 Å². The van der Waals surface area contributed by atoms with E-state index in [4.69, 9.17) is 0 Å². The Morgan fingerprint density at radius 3 is 1.68 bits per heavy atom. The molecule has 0 N–H and O–H groups in total. The molecule has 0 saturated carbocycles. The molecular weight excluding hydrogens is 498 g/mol. The number of urea groups is 1. The average Bonchev–Trinajstić information content (AvgIpc) is 3.22. The van der Waals surface area contributed by atoms with E-state index in [1.165, 1.54) is 4.90 Å². The Kier molecular flexibility index (Phi) is 8.18. The Morgan fingerprint density at radius 1 is 0.725 bits per heavy atom. The van der Waals surface area contributed by atoms with Crippen LogP contribution in [0.4, 0.5) is 4.79 Å². The summed E-state index contributed by atoms with van der Waals surface area (Å²) in [6.45, 7) is 2.64. The molecule has 1 aliphatic heterocycles. The molecule has 3 amide bonds. The zero-order valence-corrected chi connectivity index (χ0v) is 22.8. The summed E-state index contributed by atoms with van der Waals surface area (Å²) >= 11 is 0. The van der Waals surface area contributed by atoms with Crippen LogP contribution in [0.25, 0.3) is 0 Å². The number of Topliss-reactive ketones (excluding diaryl/α,β-unsaturated/α-hetero) is 1. The molecule has 4 aromatic carbocycles. The van der Waals surface area contributed by atoms with Crippen LogP contribution in [0.1, 0.15) is 40.0 Å². The number of carbonyl (C=O) groups is 3. The van der Waals surface area contributed by atoms with Gasteiger partial charge in [0.05, 0.1) is 12.1 Å². The van der Waals surface area contributed by atoms with Crippen molar-refractivity contribution in [2.24, 2.45) is 0 Å². The van der Waals surface area contributed by atoms with E-state index in [-0.39, 0.29) is 11.8 Å². The van der Waals surface area contributed by atoms with Crippen molar-refractivity contribution in [3.8, 4) is 0 Å². The van der Waals surface area contributed by atoms with Gasteiger partial charge in [-0.3, -0.25) is 19.4 Å². The smallest absolute Gasteiger partial charge is 0.322 e. The lowest BCUT2D eigenvalue weighted by Gasteiger charge is -2.34. The number of ketones is 1. The third-order valence-corrected chi connectivity index (χ3v) is 7.60. The fourth-order valence-electron chi connectivity index (χ4n) is 5.40. The number of nitrogens with zero attached hydrogens (tertiary/aromatic N) is 3. The van der Waals surface area contributed by atoms with Crippen molar-refractivity contribution in [2.45, 2.75) is 38.1 Å². The van der Waals surface area contributed by atoms with Gasteiger partial charge in [0.2, 0.25) is 0 Å². The molecule has 0 unspecified atom stereocenters. The van der Waals surface area contributed by atoms with Crippen molar-refractivity contribution in [2.75, 3.05) is 7.05 Å². The van der Waals surface area contributed by atoms with Gasteiger partial charge in [-0.1, -0.05) is 121 Å². The standard InChI is InChI=1S/C34H33N3O3/c1-25-30(28-19-11-5-12-20-28)37(34(40)35(25)2)33(39)31(32(38)29-21-13-6-14-22-29)36(23-26-15-7-3-8-16-26)24-27-17-9-4-10-18-27/h3-22,25,30-31H,23-24H2,1-2H3/t25-,30-,31-/m0/s1. The topological polar surface area (TPSA) is 60.9 Å². The molecule has 4 aromatic rings. The van der Waals surface area contributed by atoms with E-state index in [2.05, 4.69) is 0 Å². The lowest BCUT2D eigenvalue weighted by atomic mass is 9.96. The van der Waals surface area contributed by atoms with Gasteiger partial charge in [-0.25, -0.2) is 4.79 Å². The first-order chi connectivity index (χ1) is 19.5. The largest absolute Gasteiger partial charge is 0.327 e. The van der Waals surface area contributed by atoms with Crippen LogP contribution < -0.4 is 0 Å². The zero-order chi connectivity index (χ0) is 28.1. The maximum atomic E-state index is 14.7. The third-order valence-electron chi connectivity index (χ3n) is 7.60. The minimum atomic E-state index is -1.21. The molecule has 6 heteroatoms. The van der Waals surface area contributed by atoms with Gasteiger partial charge in [0, 0.05) is 25.7 Å². The van der Waals surface area contributed by atoms with Crippen molar-refractivity contribution < 1.29 is 14.4 Å². The third kappa shape index (κ3) is 5.58. The number of rotatable bonds is 9. The van der Waals surface area contributed by atoms with Crippen LogP contribution in [0.5, 0.6) is 0 Å². The predicted octanol–water partition coefficient (Wildman–Crippen LogP) is 5.96. The molecule has 40 heavy (non-hydrogen) atoms. The summed E-state index contributed by atoms with van der Waals surface area (Å²) in [5.41, 5.74) is 3.21. The molecule has 3 atom stereocenters. The Balaban J connectivity index is 1.62. The molecular formula is C34H33N3O3. The molecule has 0 aliphatic carbocycles. The highest BCUT2D eigenvalue weighted by Crippen LogP contribution is 2.36. The molecule has 6 nitrogen and oxygen atoms in total. The number of benzene rings is 4. The van der Waals surface area contributed by atoms with E-state index >= 15 is 0 Å². The first-order valence-corrected chi connectivity index (χ1v) is 13.5. The summed E-state index contributed by atoms with van der Waals surface area (Å²) in [4.78, 5) is 47.4. The van der Waals surface area contributed by atoms with Crippen LogP contribution in [0.2, 0.25) is 0 Å². The van der Waals surface area contributed by atoms with Crippen molar-refractivity contribution in [1.29, 1.82) is 0 Å². The van der Waals surface area contributed by atoms with E-state index in [1.54, 1.807) is 36.2 Å². The summed E-state index contributed by atoms with van der Waals surface area (Å²) in [5.74, 6) is -0.852. The predicted molar refractivity (Wildman–Crippen MR) is 155 cm³/mol. The highest BCUT2D eigenvalue weighted by Gasteiger charge is 2.49. The van der Waals surface area contributed by atoms with E-state index in [0.29, 0.717) is 18.7 Å². The van der Waals surface area contributed by atoms with Crippen LogP contribution in [0.15, 0.2) is 121 Å². The van der Waals surface area contributed by atoms with Crippen LogP contribution in [0.3, 0.4) is 0 Å². The van der Waals surface area contributed by atoms with Crippen molar-refractivity contribution in [3.05, 3.63) is 144 Å². The minimum Gasteiger partial charge on any atom is -0.322 e. The summed E-state index contributed by atoms with van der Waals surface area (Å²) in [5, 5.41) is 0. The van der Waals surface area contributed by atoms with Crippen LogP contribution in [0, 0.1) is 0 Å². The maximum Gasteiger partial charge on any atom is 0.327 e. The number of carbonyl (C=O) groups excluding carboxylic acids is 3. The molecule has 1 saturated heterocycles. The van der Waals surface area contributed by atoms with Crippen molar-refractivity contribution >= 4 is 17.7 Å². The normalized spacial score (nSPS) is 17.7. The van der Waals surface area contributed by atoms with E-state index in [9.17, 15) is 14.4 Å². The van der Waals surface area contributed by atoms with E-state index in [1.807, 2.05) is 109 Å². The Bertz CT molecular complexity index is 1400. The van der Waals surface area contributed by atoms with Crippen molar-refractivity contribution in [1.82, 2.24) is 14.7 Å². The van der Waals surface area contributed by atoms with Crippen LogP contribution in [-0.2, 0) is 17.9 Å². The van der Waals surface area contributed by atoms with Crippen LogP contribution >= 0.6 is 0 Å². The molecule has 1 fully saturated rings. The summed E-state index contributed by atoms with van der Waals surface area (Å²) in [6, 6.07) is 35.6. The van der Waals surface area contributed by atoms with Crippen LogP contribution in [-0.4, -0.2) is 51.6 Å². The fourth-order valence-corrected chi connectivity index (χ4v) is 5.40. The van der Waals surface area contributed by atoms with E-state index in [0.717, 1.165) is 16.7 Å². The Hall–Kier alpha value is -4.55. The zero-order valence-electron chi connectivity index (χ0n) is 22.8. The summed E-state index contributed by atoms with van der Waals surface area (Å²) < 4.78 is 0. The molecule has 0 bridgehead atoms. The van der Waals surface area contributed by atoms with Gasteiger partial charge in [0.1, 0.15) is 0 Å². The highest BCUT2D eigenvalue weighted by atomic mass is 16.2.